The summed E-state index contributed by atoms with van der Waals surface area (Å²) in [5.41, 5.74) is 9.79. The first-order valence-corrected chi connectivity index (χ1v) is 7.00. The first kappa shape index (κ1) is 13.0. The van der Waals surface area contributed by atoms with Gasteiger partial charge in [0.2, 0.25) is 0 Å². The zero-order valence-electron chi connectivity index (χ0n) is 12.5. The lowest BCUT2D eigenvalue weighted by Crippen LogP contribution is -2.39. The van der Waals surface area contributed by atoms with E-state index in [-0.39, 0.29) is 0 Å². The van der Waals surface area contributed by atoms with E-state index in [1.165, 1.54) is 28.1 Å². The van der Waals surface area contributed by atoms with Crippen LogP contribution in [0.4, 0.5) is 5.69 Å². The van der Waals surface area contributed by atoms with Gasteiger partial charge in [-0.05, 0) is 31.9 Å². The molecule has 20 heavy (non-hydrogen) atoms. The summed E-state index contributed by atoms with van der Waals surface area (Å²) in [6, 6.07) is 4.45. The molecule has 3 nitrogen and oxygen atoms in total. The minimum absolute atomic E-state index is 0.364. The second-order valence-corrected chi connectivity index (χ2v) is 5.63. The highest BCUT2D eigenvalue weighted by Gasteiger charge is 2.25. The number of aryl methyl sites for hydroxylation is 3. The van der Waals surface area contributed by atoms with Crippen LogP contribution in [0.3, 0.4) is 0 Å². The van der Waals surface area contributed by atoms with Crippen molar-refractivity contribution in [3.63, 3.8) is 0 Å². The van der Waals surface area contributed by atoms with E-state index in [0.717, 1.165) is 0 Å². The zero-order chi connectivity index (χ0) is 14.3. The van der Waals surface area contributed by atoms with E-state index in [9.17, 15) is 0 Å². The van der Waals surface area contributed by atoms with Gasteiger partial charge in [-0.1, -0.05) is 42.0 Å². The summed E-state index contributed by atoms with van der Waals surface area (Å²) in [5, 5.41) is 4.21. The minimum atomic E-state index is 0.364. The topological polar surface area (TPSA) is 18.5 Å². The Kier molecular flexibility index (Phi) is 3.14. The number of allylic oxidation sites excluding steroid dienone is 3. The molecule has 0 aromatic heterocycles. The third-order valence-corrected chi connectivity index (χ3v) is 3.87. The van der Waals surface area contributed by atoms with E-state index in [4.69, 9.17) is 0 Å². The molecule has 1 heterocycles. The molecule has 0 unspecified atom stereocenters. The van der Waals surface area contributed by atoms with Crippen molar-refractivity contribution in [2.24, 2.45) is 5.92 Å². The fourth-order valence-electron chi connectivity index (χ4n) is 3.07. The molecule has 1 aromatic rings. The molecule has 1 aliphatic heterocycles. The van der Waals surface area contributed by atoms with Gasteiger partial charge in [0.25, 0.3) is 0 Å². The molecule has 1 aliphatic carbocycles. The molecule has 0 radical (unpaired) electrons. The molecule has 0 saturated heterocycles. The molecular weight excluding hydrogens is 246 g/mol. The van der Waals surface area contributed by atoms with Crippen LogP contribution in [0, 0.1) is 26.7 Å². The molecule has 2 aliphatic rings. The van der Waals surface area contributed by atoms with Gasteiger partial charge >= 0.3 is 0 Å². The van der Waals surface area contributed by atoms with Gasteiger partial charge in [-0.15, -0.1) is 5.53 Å². The molecule has 0 spiro atoms. The van der Waals surface area contributed by atoms with Gasteiger partial charge in [-0.25, -0.2) is 0 Å². The Balaban J connectivity index is 1.96. The van der Waals surface area contributed by atoms with Crippen LogP contribution >= 0.6 is 0 Å². The summed E-state index contributed by atoms with van der Waals surface area (Å²) >= 11 is 0. The number of hydrogen-bond donors (Lipinski definition) is 1. The number of anilines is 1. The van der Waals surface area contributed by atoms with Crippen LogP contribution in [0.5, 0.6) is 0 Å². The summed E-state index contributed by atoms with van der Waals surface area (Å²) in [4.78, 5) is 0. The van der Waals surface area contributed by atoms with Crippen LogP contribution < -0.4 is 10.5 Å². The quantitative estimate of drug-likeness (QED) is 0.886. The SMILES string of the molecule is Cc1cc(C)c(N2C=C(C3C=CC=C3)N(C)N2)c(C)c1. The molecule has 1 aromatic carbocycles. The lowest BCUT2D eigenvalue weighted by atomic mass is 10.0. The third kappa shape index (κ3) is 2.14. The highest BCUT2D eigenvalue weighted by Crippen LogP contribution is 2.31. The van der Waals surface area contributed by atoms with Crippen molar-refractivity contribution in [3.05, 3.63) is 65.0 Å². The van der Waals surface area contributed by atoms with E-state index in [1.54, 1.807) is 0 Å². The second kappa shape index (κ2) is 4.84. The maximum Gasteiger partial charge on any atom is 0.0648 e. The van der Waals surface area contributed by atoms with Crippen LogP contribution in [0.25, 0.3) is 0 Å². The molecule has 1 N–H and O–H groups in total. The fraction of sp³-hybridized carbons (Fsp3) is 0.294. The van der Waals surface area contributed by atoms with E-state index < -0.39 is 0 Å². The van der Waals surface area contributed by atoms with Crippen LogP contribution in [0.2, 0.25) is 0 Å². The third-order valence-electron chi connectivity index (χ3n) is 3.87. The van der Waals surface area contributed by atoms with Gasteiger partial charge in [0, 0.05) is 19.2 Å². The van der Waals surface area contributed by atoms with Crippen molar-refractivity contribution >= 4 is 5.69 Å². The lowest BCUT2D eigenvalue weighted by molar-refractivity contribution is 0.317. The standard InChI is InChI=1S/C17H21N3/c1-12-9-13(2)17(14(3)10-12)20-11-16(19(4)18-20)15-7-5-6-8-15/h5-11,15,18H,1-4H3. The van der Waals surface area contributed by atoms with Gasteiger partial charge in [0.1, 0.15) is 0 Å². The Morgan fingerprint density at radius 1 is 1.00 bits per heavy atom. The highest BCUT2D eigenvalue weighted by molar-refractivity contribution is 5.62. The summed E-state index contributed by atoms with van der Waals surface area (Å²) in [6.45, 7) is 6.47. The molecule has 3 heteroatoms. The van der Waals surface area contributed by atoms with Crippen molar-refractivity contribution in [1.29, 1.82) is 0 Å². The largest absolute Gasteiger partial charge is 0.295 e. The van der Waals surface area contributed by atoms with Gasteiger partial charge in [-0.2, -0.15) is 0 Å². The molecule has 3 rings (SSSR count). The number of rotatable bonds is 2. The molecular formula is C17H21N3. The van der Waals surface area contributed by atoms with Gasteiger partial charge in [0.05, 0.1) is 11.4 Å². The predicted octanol–water partition coefficient (Wildman–Crippen LogP) is 3.37. The Hall–Kier alpha value is -2.00. The van der Waals surface area contributed by atoms with E-state index in [0.29, 0.717) is 5.92 Å². The monoisotopic (exact) mass is 267 g/mol. The van der Waals surface area contributed by atoms with Crippen molar-refractivity contribution in [3.8, 4) is 0 Å². The first-order chi connectivity index (χ1) is 9.56. The predicted molar refractivity (Wildman–Crippen MR) is 83.9 cm³/mol. The summed E-state index contributed by atoms with van der Waals surface area (Å²) in [7, 11) is 2.06. The number of nitrogens with one attached hydrogen (secondary N) is 1. The smallest absolute Gasteiger partial charge is 0.0648 e. The fourth-order valence-corrected chi connectivity index (χ4v) is 3.07. The summed E-state index contributed by atoms with van der Waals surface area (Å²) < 4.78 is 0. The van der Waals surface area contributed by atoms with Crippen LogP contribution in [0.1, 0.15) is 16.7 Å². The Morgan fingerprint density at radius 3 is 2.20 bits per heavy atom. The highest BCUT2D eigenvalue weighted by atomic mass is 15.8. The Labute approximate surface area is 120 Å². The molecule has 0 amide bonds. The van der Waals surface area contributed by atoms with E-state index in [2.05, 4.69) is 86.0 Å². The summed E-state index contributed by atoms with van der Waals surface area (Å²) in [6.07, 6.45) is 10.8. The van der Waals surface area contributed by atoms with Crippen LogP contribution in [-0.2, 0) is 0 Å². The number of benzene rings is 1. The second-order valence-electron chi connectivity index (χ2n) is 5.63. The van der Waals surface area contributed by atoms with Crippen molar-refractivity contribution in [2.45, 2.75) is 20.8 Å². The lowest BCUT2D eigenvalue weighted by Gasteiger charge is -2.24. The van der Waals surface area contributed by atoms with E-state index >= 15 is 0 Å². The van der Waals surface area contributed by atoms with E-state index in [1.807, 2.05) is 0 Å². The molecule has 0 fully saturated rings. The Morgan fingerprint density at radius 2 is 1.60 bits per heavy atom. The first-order valence-electron chi connectivity index (χ1n) is 7.00. The van der Waals surface area contributed by atoms with Crippen molar-refractivity contribution in [2.75, 3.05) is 12.1 Å². The molecule has 0 bridgehead atoms. The summed E-state index contributed by atoms with van der Waals surface area (Å²) in [5.74, 6) is 0.364. The molecule has 104 valence electrons. The van der Waals surface area contributed by atoms with Gasteiger partial charge in [-0.3, -0.25) is 10.0 Å². The average molecular weight is 267 g/mol. The molecule has 0 saturated carbocycles. The van der Waals surface area contributed by atoms with Crippen LogP contribution in [0.15, 0.2) is 48.3 Å². The number of nitrogens with zero attached hydrogens (tertiary/aromatic N) is 2. The Bertz CT molecular complexity index is 590. The number of hydrazine groups is 2. The maximum atomic E-state index is 3.40. The number of hydrogen-bond acceptors (Lipinski definition) is 3. The van der Waals surface area contributed by atoms with Crippen molar-refractivity contribution in [1.82, 2.24) is 10.5 Å². The van der Waals surface area contributed by atoms with Crippen LogP contribution in [-0.4, -0.2) is 12.1 Å². The van der Waals surface area contributed by atoms with Gasteiger partial charge in [0.15, 0.2) is 0 Å². The van der Waals surface area contributed by atoms with Gasteiger partial charge < -0.3 is 0 Å². The zero-order valence-corrected chi connectivity index (χ0v) is 12.5. The van der Waals surface area contributed by atoms with Crippen molar-refractivity contribution < 1.29 is 0 Å². The minimum Gasteiger partial charge on any atom is -0.295 e. The normalized spacial score (nSPS) is 18.3. The molecule has 0 atom stereocenters. The average Bonchev–Trinajstić information content (AvgIpc) is 2.97. The maximum absolute atomic E-state index is 3.40.